The van der Waals surface area contributed by atoms with Crippen LogP contribution in [0.2, 0.25) is 0 Å². The Kier molecular flexibility index (Phi) is 3.77. The number of nitrogens with zero attached hydrogens (tertiary/aromatic N) is 2. The average molecular weight is 281 g/mol. The zero-order valence-corrected chi connectivity index (χ0v) is 12.1. The molecule has 1 heterocycles. The van der Waals surface area contributed by atoms with Crippen molar-refractivity contribution in [1.82, 2.24) is 9.55 Å². The summed E-state index contributed by atoms with van der Waals surface area (Å²) in [5.74, 6) is 1.18. The third-order valence-corrected chi connectivity index (χ3v) is 3.49. The molecular formula is C17H19N3O. The molecule has 0 saturated carbocycles. The number of nitrogens with one attached hydrogen (secondary N) is 1. The summed E-state index contributed by atoms with van der Waals surface area (Å²) in [4.78, 5) is 4.67. The Morgan fingerprint density at radius 1 is 1.10 bits per heavy atom. The van der Waals surface area contributed by atoms with Gasteiger partial charge in [0.2, 0.25) is 5.95 Å². The van der Waals surface area contributed by atoms with Gasteiger partial charge in [0, 0.05) is 13.1 Å². The predicted molar refractivity (Wildman–Crippen MR) is 85.5 cm³/mol. The Balaban J connectivity index is 1.85. The minimum Gasteiger partial charge on any atom is -0.508 e. The van der Waals surface area contributed by atoms with Crippen LogP contribution in [0.3, 0.4) is 0 Å². The first-order valence-corrected chi connectivity index (χ1v) is 7.25. The van der Waals surface area contributed by atoms with E-state index in [1.54, 1.807) is 12.1 Å². The predicted octanol–water partition coefficient (Wildman–Crippen LogP) is 3.76. The van der Waals surface area contributed by atoms with E-state index >= 15 is 0 Å². The topological polar surface area (TPSA) is 50.1 Å². The highest BCUT2D eigenvalue weighted by Crippen LogP contribution is 2.20. The molecule has 21 heavy (non-hydrogen) atoms. The lowest BCUT2D eigenvalue weighted by Gasteiger charge is -2.10. The molecule has 3 aromatic rings. The molecule has 0 saturated heterocycles. The molecule has 108 valence electrons. The smallest absolute Gasteiger partial charge is 0.204 e. The molecule has 2 N–H and O–H groups in total. The number of aromatic nitrogens is 2. The van der Waals surface area contributed by atoms with Crippen molar-refractivity contribution in [2.45, 2.75) is 26.4 Å². The number of aryl methyl sites for hydroxylation is 1. The molecule has 4 heteroatoms. The molecular weight excluding hydrogens is 262 g/mol. The van der Waals surface area contributed by atoms with E-state index in [1.165, 1.54) is 0 Å². The van der Waals surface area contributed by atoms with Crippen molar-refractivity contribution in [2.24, 2.45) is 0 Å². The monoisotopic (exact) mass is 281 g/mol. The van der Waals surface area contributed by atoms with Gasteiger partial charge in [0.15, 0.2) is 0 Å². The Morgan fingerprint density at radius 2 is 1.86 bits per heavy atom. The minimum atomic E-state index is 0.289. The summed E-state index contributed by atoms with van der Waals surface area (Å²) in [6.07, 6.45) is 1.06. The fraction of sp³-hybridized carbons (Fsp3) is 0.235. The number of hydrogen-bond donors (Lipinski definition) is 2. The van der Waals surface area contributed by atoms with E-state index in [-0.39, 0.29) is 5.75 Å². The number of fused-ring (bicyclic) bond motifs is 1. The molecule has 0 aliphatic rings. The summed E-state index contributed by atoms with van der Waals surface area (Å²) in [6.45, 7) is 3.80. The van der Waals surface area contributed by atoms with E-state index in [0.29, 0.717) is 6.54 Å². The summed E-state index contributed by atoms with van der Waals surface area (Å²) < 4.78 is 2.22. The Labute approximate surface area is 124 Å². The van der Waals surface area contributed by atoms with E-state index in [2.05, 4.69) is 27.9 Å². The zero-order chi connectivity index (χ0) is 14.7. The highest BCUT2D eigenvalue weighted by Gasteiger charge is 2.09. The second-order valence-corrected chi connectivity index (χ2v) is 5.10. The van der Waals surface area contributed by atoms with E-state index in [0.717, 1.165) is 35.5 Å². The van der Waals surface area contributed by atoms with Crippen LogP contribution in [0.15, 0.2) is 48.5 Å². The highest BCUT2D eigenvalue weighted by atomic mass is 16.3. The Hall–Kier alpha value is -2.49. The van der Waals surface area contributed by atoms with Crippen molar-refractivity contribution in [1.29, 1.82) is 0 Å². The Morgan fingerprint density at radius 3 is 2.62 bits per heavy atom. The number of benzene rings is 2. The van der Waals surface area contributed by atoms with Crippen LogP contribution in [-0.2, 0) is 13.1 Å². The lowest BCUT2D eigenvalue weighted by Crippen LogP contribution is -2.07. The van der Waals surface area contributed by atoms with Gasteiger partial charge in [-0.25, -0.2) is 4.98 Å². The van der Waals surface area contributed by atoms with Gasteiger partial charge in [-0.3, -0.25) is 0 Å². The zero-order valence-electron chi connectivity index (χ0n) is 12.1. The number of phenols is 1. The molecule has 0 atom stereocenters. The molecule has 0 aliphatic heterocycles. The molecule has 4 nitrogen and oxygen atoms in total. The number of para-hydroxylation sites is 2. The van der Waals surface area contributed by atoms with Gasteiger partial charge in [-0.15, -0.1) is 0 Å². The van der Waals surface area contributed by atoms with Gasteiger partial charge in [-0.1, -0.05) is 31.2 Å². The molecule has 0 bridgehead atoms. The van der Waals surface area contributed by atoms with Gasteiger partial charge >= 0.3 is 0 Å². The summed E-state index contributed by atoms with van der Waals surface area (Å²) in [6, 6.07) is 15.4. The number of aromatic hydroxyl groups is 1. The highest BCUT2D eigenvalue weighted by molar-refractivity contribution is 5.78. The third-order valence-electron chi connectivity index (χ3n) is 3.49. The maximum Gasteiger partial charge on any atom is 0.204 e. The van der Waals surface area contributed by atoms with E-state index in [9.17, 15) is 5.11 Å². The van der Waals surface area contributed by atoms with Crippen LogP contribution in [0.25, 0.3) is 11.0 Å². The van der Waals surface area contributed by atoms with Gasteiger partial charge in [0.05, 0.1) is 11.0 Å². The van der Waals surface area contributed by atoms with Crippen LogP contribution in [0.4, 0.5) is 5.95 Å². The molecule has 3 rings (SSSR count). The van der Waals surface area contributed by atoms with Gasteiger partial charge in [0.25, 0.3) is 0 Å². The normalized spacial score (nSPS) is 10.9. The van der Waals surface area contributed by atoms with Gasteiger partial charge in [0.1, 0.15) is 5.75 Å². The second kappa shape index (κ2) is 5.87. The van der Waals surface area contributed by atoms with E-state index < -0.39 is 0 Å². The van der Waals surface area contributed by atoms with Crippen LogP contribution in [0, 0.1) is 0 Å². The molecule has 0 unspecified atom stereocenters. The lowest BCUT2D eigenvalue weighted by atomic mass is 10.2. The number of phenolic OH excluding ortho intramolecular Hbond substituents is 1. The summed E-state index contributed by atoms with van der Waals surface area (Å²) in [7, 11) is 0. The van der Waals surface area contributed by atoms with E-state index in [4.69, 9.17) is 0 Å². The second-order valence-electron chi connectivity index (χ2n) is 5.10. The first-order chi connectivity index (χ1) is 10.3. The quantitative estimate of drug-likeness (QED) is 0.748. The van der Waals surface area contributed by atoms with Gasteiger partial charge in [-0.05, 0) is 36.2 Å². The summed E-state index contributed by atoms with van der Waals surface area (Å²) in [5.41, 5.74) is 3.29. The molecule has 0 spiro atoms. The number of rotatable bonds is 5. The SMILES string of the molecule is CCCn1c(NCc2ccc(O)cc2)nc2ccccc21. The number of hydrogen-bond acceptors (Lipinski definition) is 3. The van der Waals surface area contributed by atoms with Crippen LogP contribution in [-0.4, -0.2) is 14.7 Å². The Bertz CT molecular complexity index is 731. The fourth-order valence-electron chi connectivity index (χ4n) is 2.46. The van der Waals surface area contributed by atoms with Crippen molar-refractivity contribution in [3.8, 4) is 5.75 Å². The van der Waals surface area contributed by atoms with Crippen LogP contribution in [0.5, 0.6) is 5.75 Å². The van der Waals surface area contributed by atoms with Gasteiger partial charge < -0.3 is 15.0 Å². The summed E-state index contributed by atoms with van der Waals surface area (Å²) in [5, 5.41) is 12.7. The average Bonchev–Trinajstić information content (AvgIpc) is 2.85. The van der Waals surface area contributed by atoms with Crippen molar-refractivity contribution in [3.05, 3.63) is 54.1 Å². The first kappa shape index (κ1) is 13.5. The maximum absolute atomic E-state index is 9.31. The fourth-order valence-corrected chi connectivity index (χ4v) is 2.46. The van der Waals surface area contributed by atoms with Crippen LogP contribution < -0.4 is 5.32 Å². The van der Waals surface area contributed by atoms with Crippen molar-refractivity contribution >= 4 is 17.0 Å². The minimum absolute atomic E-state index is 0.289. The van der Waals surface area contributed by atoms with Gasteiger partial charge in [-0.2, -0.15) is 0 Å². The molecule has 1 aromatic heterocycles. The molecule has 0 aliphatic carbocycles. The lowest BCUT2D eigenvalue weighted by molar-refractivity contribution is 0.475. The first-order valence-electron chi connectivity index (χ1n) is 7.25. The molecule has 2 aromatic carbocycles. The van der Waals surface area contributed by atoms with Crippen molar-refractivity contribution in [3.63, 3.8) is 0 Å². The summed E-state index contributed by atoms with van der Waals surface area (Å²) >= 11 is 0. The van der Waals surface area contributed by atoms with Crippen LogP contribution >= 0.6 is 0 Å². The number of anilines is 1. The third kappa shape index (κ3) is 2.84. The number of imidazole rings is 1. The van der Waals surface area contributed by atoms with E-state index in [1.807, 2.05) is 30.3 Å². The molecule has 0 radical (unpaired) electrons. The van der Waals surface area contributed by atoms with Crippen molar-refractivity contribution in [2.75, 3.05) is 5.32 Å². The standard InChI is InChI=1S/C17H19N3O/c1-2-11-20-16-6-4-3-5-15(16)19-17(20)18-12-13-7-9-14(21)10-8-13/h3-10,21H,2,11-12H2,1H3,(H,18,19). The van der Waals surface area contributed by atoms with Crippen molar-refractivity contribution < 1.29 is 5.11 Å². The molecule has 0 amide bonds. The van der Waals surface area contributed by atoms with Crippen LogP contribution in [0.1, 0.15) is 18.9 Å². The largest absolute Gasteiger partial charge is 0.508 e. The molecule has 0 fully saturated rings. The maximum atomic E-state index is 9.31.